The topological polar surface area (TPSA) is 117 Å². The predicted molar refractivity (Wildman–Crippen MR) is 161 cm³/mol. The molecule has 0 bridgehead atoms. The van der Waals surface area contributed by atoms with E-state index in [4.69, 9.17) is 16.3 Å². The van der Waals surface area contributed by atoms with Crippen LogP contribution in [-0.2, 0) is 4.79 Å². The largest absolute Gasteiger partial charge is 0.423 e. The van der Waals surface area contributed by atoms with Gasteiger partial charge in [0.25, 0.3) is 11.2 Å². The van der Waals surface area contributed by atoms with Crippen molar-refractivity contribution in [2.75, 3.05) is 0 Å². The maximum Gasteiger partial charge on any atom is 0.336 e. The molecule has 0 saturated carbocycles. The lowest BCUT2D eigenvalue weighted by Crippen LogP contribution is -2.20. The van der Waals surface area contributed by atoms with Gasteiger partial charge in [0.2, 0.25) is 0 Å². The second kappa shape index (κ2) is 12.1. The maximum absolute atomic E-state index is 13.5. The van der Waals surface area contributed by atoms with Gasteiger partial charge < -0.3 is 4.74 Å². The molecule has 1 aromatic heterocycles. The predicted octanol–water partition coefficient (Wildman–Crippen LogP) is 6.89. The van der Waals surface area contributed by atoms with E-state index in [-0.39, 0.29) is 17.3 Å². The molecule has 0 aliphatic carbocycles. The number of aromatic nitrogens is 2. The molecule has 11 heteroatoms. The van der Waals surface area contributed by atoms with Gasteiger partial charge in [0.1, 0.15) is 5.75 Å². The minimum atomic E-state index is -0.618. The van der Waals surface area contributed by atoms with Crippen molar-refractivity contribution in [3.05, 3.63) is 138 Å². The first kappa shape index (κ1) is 27.6. The summed E-state index contributed by atoms with van der Waals surface area (Å²) in [5.41, 5.74) is 1.52. The van der Waals surface area contributed by atoms with Crippen LogP contribution >= 0.6 is 27.5 Å². The van der Waals surface area contributed by atoms with Crippen molar-refractivity contribution in [2.24, 2.45) is 5.10 Å². The molecule has 1 heterocycles. The highest BCUT2D eigenvalue weighted by atomic mass is 79.9. The molecule has 0 unspecified atom stereocenters. The van der Waals surface area contributed by atoms with Crippen molar-refractivity contribution in [1.29, 1.82) is 0 Å². The molecule has 0 saturated heterocycles. The third-order valence-corrected chi connectivity index (χ3v) is 6.61. The molecule has 5 rings (SSSR count). The Morgan fingerprint density at radius 3 is 2.49 bits per heavy atom. The number of esters is 1. The molecule has 0 atom stereocenters. The summed E-state index contributed by atoms with van der Waals surface area (Å²) in [6.45, 7) is 0. The quantitative estimate of drug-likeness (QED) is 0.0483. The number of fused-ring (bicyclic) bond motifs is 1. The number of para-hydroxylation sites is 1. The van der Waals surface area contributed by atoms with E-state index in [0.717, 1.165) is 10.2 Å². The maximum atomic E-state index is 13.5. The number of hydrogen-bond donors (Lipinski definition) is 0. The van der Waals surface area contributed by atoms with E-state index in [1.165, 1.54) is 36.6 Å². The van der Waals surface area contributed by atoms with Gasteiger partial charge in [0.15, 0.2) is 5.82 Å². The first-order valence-electron chi connectivity index (χ1n) is 12.0. The SMILES string of the molecule is O=C(/C=C/c1ccc(Cl)cc1)Oc1ccc(Br)cc1C=Nn1c(-c2ccc([N+](=O)[O-])cc2)nc2ccccc2c1=O. The Morgan fingerprint density at radius 1 is 1.02 bits per heavy atom. The number of nitro groups is 1. The average Bonchev–Trinajstić information content (AvgIpc) is 2.97. The van der Waals surface area contributed by atoms with Crippen LogP contribution in [0.4, 0.5) is 5.69 Å². The van der Waals surface area contributed by atoms with Crippen LogP contribution in [0.5, 0.6) is 5.75 Å². The first-order chi connectivity index (χ1) is 19.8. The van der Waals surface area contributed by atoms with Crippen LogP contribution in [-0.4, -0.2) is 26.8 Å². The number of nitrogens with zero attached hydrogens (tertiary/aromatic N) is 4. The zero-order valence-electron chi connectivity index (χ0n) is 21.0. The van der Waals surface area contributed by atoms with Gasteiger partial charge in [-0.15, -0.1) is 0 Å². The number of halogens is 2. The molecule has 0 radical (unpaired) electrons. The van der Waals surface area contributed by atoms with Crippen molar-refractivity contribution in [2.45, 2.75) is 0 Å². The minimum absolute atomic E-state index is 0.0994. The van der Waals surface area contributed by atoms with Gasteiger partial charge >= 0.3 is 5.97 Å². The zero-order chi connectivity index (χ0) is 28.9. The number of rotatable bonds is 7. The van der Waals surface area contributed by atoms with E-state index in [9.17, 15) is 19.7 Å². The number of non-ortho nitro benzene ring substituents is 1. The molecular weight excluding hydrogens is 612 g/mol. The van der Waals surface area contributed by atoms with E-state index in [2.05, 4.69) is 26.0 Å². The lowest BCUT2D eigenvalue weighted by Gasteiger charge is -2.10. The van der Waals surface area contributed by atoms with Gasteiger partial charge in [-0.3, -0.25) is 14.9 Å². The average molecular weight is 630 g/mol. The number of carbonyl (C=O) groups excluding carboxylic acids is 1. The lowest BCUT2D eigenvalue weighted by atomic mass is 10.1. The van der Waals surface area contributed by atoms with E-state index >= 15 is 0 Å². The second-order valence-corrected chi connectivity index (χ2v) is 9.96. The summed E-state index contributed by atoms with van der Waals surface area (Å²) in [6.07, 6.45) is 4.27. The fraction of sp³-hybridized carbons (Fsp3) is 0. The van der Waals surface area contributed by atoms with Crippen LogP contribution in [0.15, 0.2) is 111 Å². The number of hydrogen-bond acceptors (Lipinski definition) is 7. The number of nitro benzene ring substituents is 1. The number of carbonyl (C=O) groups is 1. The highest BCUT2D eigenvalue weighted by Gasteiger charge is 2.15. The summed E-state index contributed by atoms with van der Waals surface area (Å²) in [4.78, 5) is 41.3. The Bertz CT molecular complexity index is 1900. The van der Waals surface area contributed by atoms with Crippen molar-refractivity contribution >= 4 is 62.4 Å². The molecule has 202 valence electrons. The van der Waals surface area contributed by atoms with Gasteiger partial charge in [-0.05, 0) is 66.2 Å². The Balaban J connectivity index is 1.52. The van der Waals surface area contributed by atoms with Crippen molar-refractivity contribution in [3.8, 4) is 17.1 Å². The number of benzene rings is 4. The van der Waals surface area contributed by atoms with Gasteiger partial charge in [-0.25, -0.2) is 9.78 Å². The van der Waals surface area contributed by atoms with Gasteiger partial charge in [0, 0.05) is 38.8 Å². The highest BCUT2D eigenvalue weighted by Crippen LogP contribution is 2.24. The smallest absolute Gasteiger partial charge is 0.336 e. The molecule has 0 amide bonds. The molecule has 0 N–H and O–H groups in total. The van der Waals surface area contributed by atoms with Crippen LogP contribution in [0.3, 0.4) is 0 Å². The molecule has 9 nitrogen and oxygen atoms in total. The normalized spacial score (nSPS) is 11.4. The monoisotopic (exact) mass is 628 g/mol. The summed E-state index contributed by atoms with van der Waals surface area (Å²) in [5.74, 6) is -0.228. The van der Waals surface area contributed by atoms with Gasteiger partial charge in [-0.2, -0.15) is 9.78 Å². The van der Waals surface area contributed by atoms with Crippen LogP contribution in [0.2, 0.25) is 5.02 Å². The lowest BCUT2D eigenvalue weighted by molar-refractivity contribution is -0.384. The summed E-state index contributed by atoms with van der Waals surface area (Å²) >= 11 is 9.31. The summed E-state index contributed by atoms with van der Waals surface area (Å²) in [5, 5.41) is 16.5. The van der Waals surface area contributed by atoms with Crippen LogP contribution in [0, 0.1) is 10.1 Å². The Labute approximate surface area is 246 Å². The Kier molecular flexibility index (Phi) is 8.14. The van der Waals surface area contributed by atoms with Crippen molar-refractivity contribution < 1.29 is 14.5 Å². The highest BCUT2D eigenvalue weighted by molar-refractivity contribution is 9.10. The zero-order valence-corrected chi connectivity index (χ0v) is 23.3. The van der Waals surface area contributed by atoms with Crippen LogP contribution < -0.4 is 10.3 Å². The fourth-order valence-corrected chi connectivity index (χ4v) is 4.37. The second-order valence-electron chi connectivity index (χ2n) is 8.61. The van der Waals surface area contributed by atoms with E-state index in [0.29, 0.717) is 31.5 Å². The van der Waals surface area contributed by atoms with Gasteiger partial charge in [-0.1, -0.05) is 51.8 Å². The molecule has 0 spiro atoms. The Hall–Kier alpha value is -4.93. The molecule has 41 heavy (non-hydrogen) atoms. The first-order valence-corrected chi connectivity index (χ1v) is 13.2. The van der Waals surface area contributed by atoms with E-state index < -0.39 is 16.5 Å². The van der Waals surface area contributed by atoms with Crippen molar-refractivity contribution in [1.82, 2.24) is 9.66 Å². The van der Waals surface area contributed by atoms with Crippen molar-refractivity contribution in [3.63, 3.8) is 0 Å². The number of ether oxygens (including phenoxy) is 1. The van der Waals surface area contributed by atoms with E-state index in [1.54, 1.807) is 72.8 Å². The molecule has 0 aliphatic rings. The fourth-order valence-electron chi connectivity index (χ4n) is 3.86. The van der Waals surface area contributed by atoms with Crippen LogP contribution in [0.1, 0.15) is 11.1 Å². The summed E-state index contributed by atoms with van der Waals surface area (Å²) in [7, 11) is 0. The molecule has 0 aliphatic heterocycles. The standard InChI is InChI=1S/C30H18BrClN4O5/c31-22-10-15-27(41-28(37)16-7-19-5-11-23(32)12-6-19)21(17-22)18-33-35-29(20-8-13-24(14-9-20)36(39)40)34-26-4-2-1-3-25(26)30(35)38/h1-18H/b16-7+,33-18?. The third kappa shape index (κ3) is 6.46. The Morgan fingerprint density at radius 2 is 1.76 bits per heavy atom. The summed E-state index contributed by atoms with van der Waals surface area (Å²) < 4.78 is 7.35. The third-order valence-electron chi connectivity index (χ3n) is 5.87. The molecule has 4 aromatic carbocycles. The summed E-state index contributed by atoms with van der Waals surface area (Å²) in [6, 6.07) is 24.4. The minimum Gasteiger partial charge on any atom is -0.423 e. The molecule has 5 aromatic rings. The van der Waals surface area contributed by atoms with Gasteiger partial charge in [0.05, 0.1) is 22.0 Å². The molecular formula is C30H18BrClN4O5. The van der Waals surface area contributed by atoms with E-state index in [1.807, 2.05) is 0 Å². The molecule has 0 fully saturated rings. The van der Waals surface area contributed by atoms with Crippen LogP contribution in [0.25, 0.3) is 28.4 Å².